The van der Waals surface area contributed by atoms with Gasteiger partial charge in [-0.1, -0.05) is 6.07 Å². The molecule has 6 nitrogen and oxygen atoms in total. The summed E-state index contributed by atoms with van der Waals surface area (Å²) in [4.78, 5) is 24.2. The Morgan fingerprint density at radius 1 is 0.833 bits per heavy atom. The van der Waals surface area contributed by atoms with Gasteiger partial charge in [-0.15, -0.1) is 0 Å². The molecule has 0 radical (unpaired) electrons. The average molecular weight is 330 g/mol. The number of benzene rings is 2. The van der Waals surface area contributed by atoms with Crippen LogP contribution in [0.1, 0.15) is 20.7 Å². The molecule has 24 heavy (non-hydrogen) atoms. The predicted octanol–water partition coefficient (Wildman–Crippen LogP) is 2.75. The zero-order chi connectivity index (χ0) is 17.5. The second kappa shape index (κ2) is 8.01. The number of carbonyl (C=O) groups excluding carboxylic acids is 2. The van der Waals surface area contributed by atoms with Crippen LogP contribution in [-0.2, 0) is 4.74 Å². The van der Waals surface area contributed by atoms with Gasteiger partial charge >= 0.3 is 5.97 Å². The van der Waals surface area contributed by atoms with Crippen molar-refractivity contribution in [3.05, 3.63) is 53.6 Å². The van der Waals surface area contributed by atoms with E-state index in [-0.39, 0.29) is 12.4 Å². The van der Waals surface area contributed by atoms with Gasteiger partial charge in [0.25, 0.3) is 0 Å². The van der Waals surface area contributed by atoms with E-state index in [1.807, 2.05) is 0 Å². The molecule has 0 unspecified atom stereocenters. The maximum Gasteiger partial charge on any atom is 0.338 e. The number of ether oxygens (including phenoxy) is 4. The Hall–Kier alpha value is -3.02. The Morgan fingerprint density at radius 3 is 2.25 bits per heavy atom. The summed E-state index contributed by atoms with van der Waals surface area (Å²) in [6, 6.07) is 11.3. The maximum absolute atomic E-state index is 12.2. The smallest absolute Gasteiger partial charge is 0.338 e. The van der Waals surface area contributed by atoms with Gasteiger partial charge in [0.2, 0.25) is 0 Å². The van der Waals surface area contributed by atoms with Crippen LogP contribution in [0, 0.1) is 0 Å². The number of hydrogen-bond acceptors (Lipinski definition) is 6. The van der Waals surface area contributed by atoms with E-state index in [1.54, 1.807) is 42.5 Å². The Morgan fingerprint density at radius 2 is 1.58 bits per heavy atom. The zero-order valence-electron chi connectivity index (χ0n) is 13.7. The second-order valence-corrected chi connectivity index (χ2v) is 4.80. The molecule has 0 amide bonds. The summed E-state index contributed by atoms with van der Waals surface area (Å²) in [5.41, 5.74) is 0.681. The molecule has 0 aromatic heterocycles. The number of methoxy groups -OCH3 is 3. The van der Waals surface area contributed by atoms with Crippen LogP contribution in [0.3, 0.4) is 0 Å². The first-order valence-corrected chi connectivity index (χ1v) is 7.15. The minimum Gasteiger partial charge on any atom is -0.497 e. The van der Waals surface area contributed by atoms with E-state index < -0.39 is 5.97 Å². The summed E-state index contributed by atoms with van der Waals surface area (Å²) >= 11 is 0. The molecule has 2 aromatic rings. The van der Waals surface area contributed by atoms with Gasteiger partial charge in [-0.2, -0.15) is 0 Å². The van der Waals surface area contributed by atoms with E-state index in [4.69, 9.17) is 18.9 Å². The SMILES string of the molecule is COc1cccc(C(=O)OCC(=O)c2ccc(OC)c(OC)c2)c1. The molecule has 0 bridgehead atoms. The zero-order valence-corrected chi connectivity index (χ0v) is 13.7. The van der Waals surface area contributed by atoms with Gasteiger partial charge < -0.3 is 18.9 Å². The summed E-state index contributed by atoms with van der Waals surface area (Å²) in [5.74, 6) is 0.551. The first kappa shape index (κ1) is 17.3. The van der Waals surface area contributed by atoms with Crippen LogP contribution in [0.5, 0.6) is 17.2 Å². The molecule has 0 aliphatic rings. The lowest BCUT2D eigenvalue weighted by atomic mass is 10.1. The van der Waals surface area contributed by atoms with Crippen LogP contribution in [-0.4, -0.2) is 39.7 Å². The van der Waals surface area contributed by atoms with E-state index in [2.05, 4.69) is 0 Å². The highest BCUT2D eigenvalue weighted by Crippen LogP contribution is 2.27. The molecule has 0 spiro atoms. The Labute approximate surface area is 139 Å². The first-order valence-electron chi connectivity index (χ1n) is 7.15. The van der Waals surface area contributed by atoms with Crippen molar-refractivity contribution in [3.63, 3.8) is 0 Å². The van der Waals surface area contributed by atoms with Gasteiger partial charge in [0.05, 0.1) is 26.9 Å². The first-order chi connectivity index (χ1) is 11.6. The molecule has 2 rings (SSSR count). The summed E-state index contributed by atoms with van der Waals surface area (Å²) in [7, 11) is 4.50. The molecule has 0 heterocycles. The van der Waals surface area contributed by atoms with Gasteiger partial charge in [0.15, 0.2) is 23.9 Å². The monoisotopic (exact) mass is 330 g/mol. The Balaban J connectivity index is 2.03. The predicted molar refractivity (Wildman–Crippen MR) is 87.2 cm³/mol. The number of carbonyl (C=O) groups is 2. The Bertz CT molecular complexity index is 738. The van der Waals surface area contributed by atoms with Crippen molar-refractivity contribution in [1.82, 2.24) is 0 Å². The van der Waals surface area contributed by atoms with Crippen LogP contribution in [0.4, 0.5) is 0 Å². The third-order valence-electron chi connectivity index (χ3n) is 3.35. The largest absolute Gasteiger partial charge is 0.497 e. The van der Waals surface area contributed by atoms with Gasteiger partial charge in [0.1, 0.15) is 5.75 Å². The van der Waals surface area contributed by atoms with Gasteiger partial charge in [-0.05, 0) is 36.4 Å². The minimum absolute atomic E-state index is 0.314. The lowest BCUT2D eigenvalue weighted by Gasteiger charge is -2.09. The van der Waals surface area contributed by atoms with Gasteiger partial charge in [0, 0.05) is 5.56 Å². The van der Waals surface area contributed by atoms with Crippen LogP contribution in [0.2, 0.25) is 0 Å². The summed E-state index contributed by atoms with van der Waals surface area (Å²) in [5, 5.41) is 0. The highest BCUT2D eigenvalue weighted by molar-refractivity contribution is 5.99. The topological polar surface area (TPSA) is 71.1 Å². The molecule has 0 N–H and O–H groups in total. The molecule has 0 atom stereocenters. The molecule has 0 saturated carbocycles. The normalized spacial score (nSPS) is 9.96. The van der Waals surface area contributed by atoms with E-state index in [1.165, 1.54) is 21.3 Å². The fourth-order valence-corrected chi connectivity index (χ4v) is 2.06. The molecule has 0 saturated heterocycles. The summed E-state index contributed by atoms with van der Waals surface area (Å²) in [6.45, 7) is -0.370. The van der Waals surface area contributed by atoms with E-state index in [0.717, 1.165) is 0 Å². The molecule has 0 fully saturated rings. The molecule has 6 heteroatoms. The van der Waals surface area contributed by atoms with Gasteiger partial charge in [-0.25, -0.2) is 4.79 Å². The lowest BCUT2D eigenvalue weighted by molar-refractivity contribution is 0.0474. The van der Waals surface area contributed by atoms with Crippen molar-refractivity contribution < 1.29 is 28.5 Å². The average Bonchev–Trinajstić information content (AvgIpc) is 2.65. The summed E-state index contributed by atoms with van der Waals surface area (Å²) in [6.07, 6.45) is 0. The van der Waals surface area contributed by atoms with E-state index in [9.17, 15) is 9.59 Å². The highest BCUT2D eigenvalue weighted by Gasteiger charge is 2.14. The molecular formula is C18H18O6. The number of ketones is 1. The lowest BCUT2D eigenvalue weighted by Crippen LogP contribution is -2.14. The van der Waals surface area contributed by atoms with Crippen molar-refractivity contribution >= 4 is 11.8 Å². The highest BCUT2D eigenvalue weighted by atomic mass is 16.5. The standard InChI is InChI=1S/C18H18O6/c1-21-14-6-4-5-13(9-14)18(20)24-11-15(19)12-7-8-16(22-2)17(10-12)23-3/h4-10H,11H2,1-3H3. The van der Waals surface area contributed by atoms with Crippen LogP contribution in [0.25, 0.3) is 0 Å². The minimum atomic E-state index is -0.595. The van der Waals surface area contributed by atoms with Crippen LogP contribution < -0.4 is 14.2 Å². The number of rotatable bonds is 7. The molecule has 0 aliphatic carbocycles. The van der Waals surface area contributed by atoms with Crippen molar-refractivity contribution in [1.29, 1.82) is 0 Å². The third-order valence-corrected chi connectivity index (χ3v) is 3.35. The van der Waals surface area contributed by atoms with Gasteiger partial charge in [-0.3, -0.25) is 4.79 Å². The van der Waals surface area contributed by atoms with Crippen molar-refractivity contribution in [2.75, 3.05) is 27.9 Å². The van der Waals surface area contributed by atoms with Crippen LogP contribution >= 0.6 is 0 Å². The molecule has 2 aromatic carbocycles. The maximum atomic E-state index is 12.2. The van der Waals surface area contributed by atoms with Crippen LogP contribution in [0.15, 0.2) is 42.5 Å². The fraction of sp³-hybridized carbons (Fsp3) is 0.222. The van der Waals surface area contributed by atoms with Crippen molar-refractivity contribution in [2.45, 2.75) is 0 Å². The second-order valence-electron chi connectivity index (χ2n) is 4.80. The molecular weight excluding hydrogens is 312 g/mol. The summed E-state index contributed by atoms with van der Waals surface area (Å²) < 4.78 is 20.4. The number of esters is 1. The number of hydrogen-bond donors (Lipinski definition) is 0. The van der Waals surface area contributed by atoms with E-state index >= 15 is 0 Å². The Kier molecular flexibility index (Phi) is 5.78. The third kappa shape index (κ3) is 4.04. The van der Waals surface area contributed by atoms with Crippen molar-refractivity contribution in [3.8, 4) is 17.2 Å². The molecule has 0 aliphatic heterocycles. The van der Waals surface area contributed by atoms with E-state index in [0.29, 0.717) is 28.4 Å². The van der Waals surface area contributed by atoms with Crippen molar-refractivity contribution in [2.24, 2.45) is 0 Å². The number of Topliss-reactive ketones (excluding diaryl/α,β-unsaturated/α-hetero) is 1. The molecule has 126 valence electrons. The quantitative estimate of drug-likeness (QED) is 0.574. The fourth-order valence-electron chi connectivity index (χ4n) is 2.06.